The number of ether oxygens (including phenoxy) is 4. The number of alkyl carbamates (subject to hydrolysis) is 1. The maximum atomic E-state index is 15.0. The van der Waals surface area contributed by atoms with Crippen LogP contribution in [0.1, 0.15) is 96.0 Å². The molecular weight excluding hydrogens is 779 g/mol. The Bertz CT molecular complexity index is 2140. The van der Waals surface area contributed by atoms with Crippen LogP contribution in [-0.4, -0.2) is 97.5 Å². The molecule has 318 valence electrons. The molecule has 8 rings (SSSR count). The van der Waals surface area contributed by atoms with Crippen LogP contribution in [0.5, 0.6) is 17.4 Å². The van der Waals surface area contributed by atoms with Crippen LogP contribution in [0, 0.1) is 17.8 Å². The van der Waals surface area contributed by atoms with E-state index in [0.717, 1.165) is 37.7 Å². The monoisotopic (exact) mass is 833 g/mol. The zero-order valence-electron chi connectivity index (χ0n) is 33.8. The first-order valence-electron chi connectivity index (χ1n) is 21.2. The second-order valence-corrected chi connectivity index (χ2v) is 18.9. The maximum absolute atomic E-state index is 15.0. The molecule has 3 heterocycles. The van der Waals surface area contributed by atoms with Gasteiger partial charge in [0.15, 0.2) is 0 Å². The van der Waals surface area contributed by atoms with Crippen molar-refractivity contribution in [3.05, 3.63) is 42.5 Å². The summed E-state index contributed by atoms with van der Waals surface area (Å²) < 4.78 is 52.3. The standard InChI is InChI=1S/C43H55N5O10S/c1-4-28-23-43(28,41(51)47-59(53,54)30-17-18-30)46-39(49)33-20-29-24-48(33)40(50)38(26-11-7-6-8-12-26)45-42(52)58-34-16-10-14-25(34)13-9-15-27-19-31-32(21-35(27)55-3)44-37(56-5-2)22-36(31)57-29/h4,9,15,19,21-22,25-26,28-30,33-34,38H,1,5-8,10-14,16-18,20,23-24H2,2-3H3,(H,45,52)(H,46,49)(H,47,51)/b15-9+/t25-,28+,29-,33+,34-,38+,43-/m1/s1. The summed E-state index contributed by atoms with van der Waals surface area (Å²) in [7, 11) is -2.32. The van der Waals surface area contributed by atoms with Gasteiger partial charge in [0.25, 0.3) is 5.91 Å². The minimum absolute atomic E-state index is 0.0155. The molecule has 0 spiro atoms. The number of hydrogen-bond acceptors (Lipinski definition) is 11. The number of methoxy groups -OCH3 is 1. The molecule has 16 heteroatoms. The third kappa shape index (κ3) is 8.46. The fourth-order valence-electron chi connectivity index (χ4n) is 9.54. The number of hydrogen-bond donors (Lipinski definition) is 3. The lowest BCUT2D eigenvalue weighted by Crippen LogP contribution is -2.59. The highest BCUT2D eigenvalue weighted by molar-refractivity contribution is 7.91. The minimum atomic E-state index is -3.91. The van der Waals surface area contributed by atoms with E-state index in [1.807, 2.05) is 25.1 Å². The molecular formula is C43H55N5O10S. The van der Waals surface area contributed by atoms with Crippen LogP contribution in [0.3, 0.4) is 0 Å². The summed E-state index contributed by atoms with van der Waals surface area (Å²) in [6.07, 6.45) is 12.4. The Balaban J connectivity index is 1.18. The molecule has 0 unspecified atom stereocenters. The van der Waals surface area contributed by atoms with Gasteiger partial charge in [-0.25, -0.2) is 18.2 Å². The number of benzene rings is 1. The van der Waals surface area contributed by atoms with Crippen molar-refractivity contribution in [2.24, 2.45) is 17.8 Å². The van der Waals surface area contributed by atoms with Crippen molar-refractivity contribution in [3.63, 3.8) is 0 Å². The van der Waals surface area contributed by atoms with Gasteiger partial charge in [-0.05, 0) is 82.6 Å². The van der Waals surface area contributed by atoms with Crippen LogP contribution in [0.2, 0.25) is 0 Å². The first-order valence-corrected chi connectivity index (χ1v) is 22.7. The van der Waals surface area contributed by atoms with Crippen molar-refractivity contribution >= 4 is 50.8 Å². The minimum Gasteiger partial charge on any atom is -0.496 e. The molecule has 3 N–H and O–H groups in total. The fourth-order valence-corrected chi connectivity index (χ4v) is 10.9. The predicted molar refractivity (Wildman–Crippen MR) is 218 cm³/mol. The summed E-state index contributed by atoms with van der Waals surface area (Å²) in [5.74, 6) is -1.18. The zero-order valence-corrected chi connectivity index (χ0v) is 34.6. The maximum Gasteiger partial charge on any atom is 0.408 e. The normalized spacial score (nSPS) is 30.5. The Morgan fingerprint density at radius 2 is 1.83 bits per heavy atom. The van der Waals surface area contributed by atoms with E-state index in [0.29, 0.717) is 73.4 Å². The lowest BCUT2D eigenvalue weighted by Gasteiger charge is -2.35. The van der Waals surface area contributed by atoms with Crippen molar-refractivity contribution in [1.29, 1.82) is 0 Å². The van der Waals surface area contributed by atoms with Crippen LogP contribution >= 0.6 is 0 Å². The predicted octanol–water partition coefficient (Wildman–Crippen LogP) is 4.92. The summed E-state index contributed by atoms with van der Waals surface area (Å²) in [5.41, 5.74) is -0.202. The van der Waals surface area contributed by atoms with Gasteiger partial charge in [0.1, 0.15) is 41.3 Å². The van der Waals surface area contributed by atoms with Crippen LogP contribution in [0.25, 0.3) is 17.0 Å². The third-order valence-corrected chi connectivity index (χ3v) is 14.8. The zero-order chi connectivity index (χ0) is 41.5. The highest BCUT2D eigenvalue weighted by Gasteiger charge is 2.62. The average molecular weight is 834 g/mol. The van der Waals surface area contributed by atoms with E-state index < -0.39 is 68.7 Å². The fraction of sp³-hybridized carbons (Fsp3) is 0.605. The van der Waals surface area contributed by atoms with E-state index in [4.69, 9.17) is 23.9 Å². The van der Waals surface area contributed by atoms with E-state index >= 15 is 4.79 Å². The molecule has 2 aromatic rings. The van der Waals surface area contributed by atoms with E-state index in [1.165, 1.54) is 11.0 Å². The van der Waals surface area contributed by atoms with Gasteiger partial charge in [0.2, 0.25) is 27.7 Å². The molecule has 7 atom stereocenters. The van der Waals surface area contributed by atoms with Crippen molar-refractivity contribution in [2.45, 2.75) is 125 Å². The first-order chi connectivity index (χ1) is 28.4. The Hall–Kier alpha value is -4.86. The SMILES string of the molecule is C=C[C@H]1C[C@]1(NC(=O)[C@@H]1C[C@@H]2CN1C(=O)[C@H](C1CCCCC1)NC(=O)O[C@@H]1CCC[C@H]1C/C=C/c1cc3c(cc(OCC)nc3cc1OC)O2)C(=O)NS(=O)(=O)C1CC1. The Kier molecular flexibility index (Phi) is 11.5. The largest absolute Gasteiger partial charge is 0.496 e. The van der Waals surface area contributed by atoms with Crippen molar-refractivity contribution in [2.75, 3.05) is 20.3 Å². The molecule has 1 aromatic carbocycles. The molecule has 6 aliphatic rings. The summed E-state index contributed by atoms with van der Waals surface area (Å²) in [5, 5.41) is 5.86. The topological polar surface area (TPSA) is 192 Å². The Labute approximate surface area is 345 Å². The van der Waals surface area contributed by atoms with Crippen LogP contribution < -0.4 is 29.6 Å². The van der Waals surface area contributed by atoms with Crippen LogP contribution in [0.4, 0.5) is 4.79 Å². The van der Waals surface area contributed by atoms with Gasteiger partial charge in [0, 0.05) is 35.4 Å². The number of nitrogens with zero attached hydrogens (tertiary/aromatic N) is 2. The molecule has 1 saturated heterocycles. The van der Waals surface area contributed by atoms with Gasteiger partial charge in [0.05, 0.1) is 31.0 Å². The van der Waals surface area contributed by atoms with Gasteiger partial charge < -0.3 is 34.5 Å². The third-order valence-electron chi connectivity index (χ3n) is 13.0. The molecule has 59 heavy (non-hydrogen) atoms. The van der Waals surface area contributed by atoms with Crippen molar-refractivity contribution < 1.29 is 46.5 Å². The summed E-state index contributed by atoms with van der Waals surface area (Å²) in [4.78, 5) is 63.3. The number of aromatic nitrogens is 1. The second-order valence-electron chi connectivity index (χ2n) is 17.0. The number of nitrogens with one attached hydrogen (secondary N) is 3. The Morgan fingerprint density at radius 1 is 1.05 bits per heavy atom. The quantitative estimate of drug-likeness (QED) is 0.276. The molecule has 15 nitrogen and oxygen atoms in total. The number of rotatable bonds is 10. The molecule has 5 fully saturated rings. The van der Waals surface area contributed by atoms with Crippen LogP contribution in [0.15, 0.2) is 36.9 Å². The summed E-state index contributed by atoms with van der Waals surface area (Å²) in [6.45, 7) is 6.01. The van der Waals surface area contributed by atoms with Gasteiger partial charge in [-0.3, -0.25) is 19.1 Å². The number of allylic oxidation sites excluding steroid dienone is 1. The van der Waals surface area contributed by atoms with Crippen molar-refractivity contribution in [3.8, 4) is 17.4 Å². The molecule has 4 amide bonds. The molecule has 4 aliphatic carbocycles. The Morgan fingerprint density at radius 3 is 2.54 bits per heavy atom. The molecule has 0 radical (unpaired) electrons. The lowest BCUT2D eigenvalue weighted by molar-refractivity contribution is -0.142. The highest BCUT2D eigenvalue weighted by Crippen LogP contribution is 2.46. The number of pyridine rings is 1. The first kappa shape index (κ1) is 40.9. The number of fused-ring (bicyclic) bond motifs is 4. The van der Waals surface area contributed by atoms with E-state index in [-0.39, 0.29) is 37.3 Å². The van der Waals surface area contributed by atoms with Crippen molar-refractivity contribution in [1.82, 2.24) is 25.2 Å². The molecule has 2 aliphatic heterocycles. The van der Waals surface area contributed by atoms with E-state index in [9.17, 15) is 22.8 Å². The van der Waals surface area contributed by atoms with Crippen LogP contribution in [-0.2, 0) is 29.1 Å². The second kappa shape index (κ2) is 16.7. The molecule has 1 aromatic heterocycles. The van der Waals surface area contributed by atoms with E-state index in [2.05, 4.69) is 28.0 Å². The average Bonchev–Trinajstić information content (AvgIpc) is 4.12. The van der Waals surface area contributed by atoms with Gasteiger partial charge in [-0.1, -0.05) is 37.5 Å². The van der Waals surface area contributed by atoms with Gasteiger partial charge in [-0.2, -0.15) is 0 Å². The smallest absolute Gasteiger partial charge is 0.408 e. The molecule has 4 saturated carbocycles. The van der Waals surface area contributed by atoms with Gasteiger partial charge in [-0.15, -0.1) is 6.58 Å². The highest BCUT2D eigenvalue weighted by atomic mass is 32.2. The molecule has 4 bridgehead atoms. The number of carbonyl (C=O) groups excluding carboxylic acids is 4. The summed E-state index contributed by atoms with van der Waals surface area (Å²) >= 11 is 0. The van der Waals surface area contributed by atoms with E-state index in [1.54, 1.807) is 13.2 Å². The number of amides is 4. The summed E-state index contributed by atoms with van der Waals surface area (Å²) in [6, 6.07) is 3.35. The lowest BCUT2D eigenvalue weighted by atomic mass is 9.83. The number of sulfonamides is 1. The van der Waals surface area contributed by atoms with Gasteiger partial charge >= 0.3 is 6.09 Å². The number of carbonyl (C=O) groups is 4.